The van der Waals surface area contributed by atoms with Crippen LogP contribution in [-0.4, -0.2) is 35.7 Å². The maximum atomic E-state index is 13.0. The average Bonchev–Trinajstić information content (AvgIpc) is 3.44. The highest BCUT2D eigenvalue weighted by Gasteiger charge is 2.34. The number of fused-ring (bicyclic) bond motifs is 1. The van der Waals surface area contributed by atoms with Gasteiger partial charge in [0.1, 0.15) is 17.3 Å². The van der Waals surface area contributed by atoms with E-state index >= 15 is 0 Å². The summed E-state index contributed by atoms with van der Waals surface area (Å²) in [6.07, 6.45) is 2.37. The van der Waals surface area contributed by atoms with E-state index < -0.39 is 0 Å². The molecule has 0 aliphatic carbocycles. The molecule has 1 aromatic heterocycles. The largest absolute Gasteiger partial charge is 0.497 e. The lowest BCUT2D eigenvalue weighted by atomic mass is 10.1. The summed E-state index contributed by atoms with van der Waals surface area (Å²) in [6, 6.07) is 24.1. The van der Waals surface area contributed by atoms with Crippen molar-refractivity contribution in [2.45, 2.75) is 38.6 Å². The number of imidazole rings is 1. The number of carbonyl (C=O) groups excluding carboxylic acids is 1. The molecule has 0 bridgehead atoms. The van der Waals surface area contributed by atoms with Crippen LogP contribution in [0.25, 0.3) is 11.0 Å². The van der Waals surface area contributed by atoms with Crippen LogP contribution in [0.1, 0.15) is 36.6 Å². The van der Waals surface area contributed by atoms with Gasteiger partial charge in [-0.1, -0.05) is 30.3 Å². The molecular formula is C29H31N3O3. The Morgan fingerprint density at radius 3 is 2.66 bits per heavy atom. The van der Waals surface area contributed by atoms with Crippen LogP contribution < -0.4 is 14.4 Å². The predicted octanol–water partition coefficient (Wildman–Crippen LogP) is 5.73. The number of anilines is 1. The summed E-state index contributed by atoms with van der Waals surface area (Å²) in [6.45, 7) is 4.21. The molecule has 1 fully saturated rings. The van der Waals surface area contributed by atoms with E-state index in [0.29, 0.717) is 19.6 Å². The first kappa shape index (κ1) is 23.0. The topological polar surface area (TPSA) is 56.6 Å². The Hall–Kier alpha value is -3.80. The van der Waals surface area contributed by atoms with Crippen molar-refractivity contribution in [1.82, 2.24) is 9.55 Å². The van der Waals surface area contributed by atoms with Gasteiger partial charge in [0.2, 0.25) is 5.91 Å². The quantitative estimate of drug-likeness (QED) is 0.294. The second-order valence-electron chi connectivity index (χ2n) is 9.09. The van der Waals surface area contributed by atoms with Gasteiger partial charge in [0.25, 0.3) is 0 Å². The number of unbranched alkanes of at least 4 members (excludes halogenated alkanes) is 1. The maximum Gasteiger partial charge on any atom is 0.227 e. The van der Waals surface area contributed by atoms with Crippen LogP contribution in [0.5, 0.6) is 11.5 Å². The molecule has 6 heteroatoms. The number of hydrogen-bond donors (Lipinski definition) is 0. The Bertz CT molecular complexity index is 1330. The molecule has 2 heterocycles. The third-order valence-electron chi connectivity index (χ3n) is 6.57. The molecular weight excluding hydrogens is 438 g/mol. The van der Waals surface area contributed by atoms with E-state index in [9.17, 15) is 4.79 Å². The van der Waals surface area contributed by atoms with Gasteiger partial charge in [-0.05, 0) is 61.7 Å². The minimum absolute atomic E-state index is 0.0460. The molecule has 6 nitrogen and oxygen atoms in total. The first-order chi connectivity index (χ1) is 17.1. The number of rotatable bonds is 9. The highest BCUT2D eigenvalue weighted by molar-refractivity contribution is 5.96. The van der Waals surface area contributed by atoms with Crippen molar-refractivity contribution in [3.63, 3.8) is 0 Å². The molecule has 180 valence electrons. The zero-order valence-electron chi connectivity index (χ0n) is 20.3. The third-order valence-corrected chi connectivity index (χ3v) is 6.57. The average molecular weight is 470 g/mol. The van der Waals surface area contributed by atoms with Crippen molar-refractivity contribution in [3.8, 4) is 11.5 Å². The smallest absolute Gasteiger partial charge is 0.227 e. The lowest BCUT2D eigenvalue weighted by Crippen LogP contribution is -2.24. The van der Waals surface area contributed by atoms with E-state index in [4.69, 9.17) is 14.5 Å². The van der Waals surface area contributed by atoms with Gasteiger partial charge in [-0.25, -0.2) is 4.98 Å². The second kappa shape index (κ2) is 10.2. The van der Waals surface area contributed by atoms with Crippen molar-refractivity contribution in [1.29, 1.82) is 0 Å². The molecule has 1 atom stereocenters. The summed E-state index contributed by atoms with van der Waals surface area (Å²) in [5, 5.41) is 0. The molecule has 0 N–H and O–H groups in total. The fourth-order valence-electron chi connectivity index (χ4n) is 4.82. The van der Waals surface area contributed by atoms with Crippen LogP contribution in [0.3, 0.4) is 0 Å². The minimum atomic E-state index is 0.0460. The number of methoxy groups -OCH3 is 1. The molecule has 1 amide bonds. The number of nitrogens with zero attached hydrogens (tertiary/aromatic N) is 3. The molecule has 0 unspecified atom stereocenters. The number of hydrogen-bond acceptors (Lipinski definition) is 4. The highest BCUT2D eigenvalue weighted by Crippen LogP contribution is 2.34. The van der Waals surface area contributed by atoms with Crippen molar-refractivity contribution in [3.05, 3.63) is 84.2 Å². The Morgan fingerprint density at radius 2 is 1.80 bits per heavy atom. The SMILES string of the molecule is COc1cccc(N2C[C@@H](c3nc4ccccc4n3CCCCOc3cccc(C)c3)CC2=O)c1. The number of benzene rings is 3. The number of ether oxygens (including phenoxy) is 2. The van der Waals surface area contributed by atoms with Gasteiger partial charge in [0.05, 0.1) is 24.8 Å². The molecule has 0 spiro atoms. The summed E-state index contributed by atoms with van der Waals surface area (Å²) in [5.74, 6) is 2.82. The van der Waals surface area contributed by atoms with Crippen LogP contribution in [0.15, 0.2) is 72.8 Å². The Kier molecular flexibility index (Phi) is 6.70. The van der Waals surface area contributed by atoms with Crippen LogP contribution in [0.2, 0.25) is 0 Å². The third kappa shape index (κ3) is 5.02. The second-order valence-corrected chi connectivity index (χ2v) is 9.09. The van der Waals surface area contributed by atoms with Crippen LogP contribution in [0, 0.1) is 6.92 Å². The molecule has 35 heavy (non-hydrogen) atoms. The van der Waals surface area contributed by atoms with Crippen molar-refractivity contribution in [2.24, 2.45) is 0 Å². The van der Waals surface area contributed by atoms with E-state index in [0.717, 1.165) is 53.4 Å². The molecule has 3 aromatic carbocycles. The van der Waals surface area contributed by atoms with Gasteiger partial charge in [-0.3, -0.25) is 4.79 Å². The highest BCUT2D eigenvalue weighted by atomic mass is 16.5. The maximum absolute atomic E-state index is 13.0. The van der Waals surface area contributed by atoms with Crippen LogP contribution >= 0.6 is 0 Å². The van der Waals surface area contributed by atoms with Gasteiger partial charge in [-0.2, -0.15) is 0 Å². The van der Waals surface area contributed by atoms with E-state index in [-0.39, 0.29) is 11.8 Å². The number of aromatic nitrogens is 2. The van der Waals surface area contributed by atoms with Gasteiger partial charge in [0, 0.05) is 37.2 Å². The molecule has 1 aliphatic heterocycles. The number of para-hydroxylation sites is 2. The molecule has 4 aromatic rings. The van der Waals surface area contributed by atoms with E-state index in [1.807, 2.05) is 59.5 Å². The van der Waals surface area contributed by atoms with Crippen molar-refractivity contribution >= 4 is 22.6 Å². The molecule has 0 radical (unpaired) electrons. The fraction of sp³-hybridized carbons (Fsp3) is 0.310. The predicted molar refractivity (Wildman–Crippen MR) is 138 cm³/mol. The summed E-state index contributed by atoms with van der Waals surface area (Å²) in [7, 11) is 1.64. The van der Waals surface area contributed by atoms with Crippen LogP contribution in [-0.2, 0) is 11.3 Å². The zero-order chi connectivity index (χ0) is 24.2. The van der Waals surface area contributed by atoms with Gasteiger partial charge in [-0.15, -0.1) is 0 Å². The fourth-order valence-corrected chi connectivity index (χ4v) is 4.82. The number of carbonyl (C=O) groups is 1. The zero-order valence-corrected chi connectivity index (χ0v) is 20.3. The lowest BCUT2D eigenvalue weighted by Gasteiger charge is -2.18. The Labute approximate surface area is 206 Å². The van der Waals surface area contributed by atoms with E-state index in [2.05, 4.69) is 29.7 Å². The summed E-state index contributed by atoms with van der Waals surface area (Å²) >= 11 is 0. The summed E-state index contributed by atoms with van der Waals surface area (Å²) in [5.41, 5.74) is 4.17. The van der Waals surface area contributed by atoms with Crippen LogP contribution in [0.4, 0.5) is 5.69 Å². The van der Waals surface area contributed by atoms with Gasteiger partial charge >= 0.3 is 0 Å². The molecule has 0 saturated carbocycles. The normalized spacial score (nSPS) is 15.7. The minimum Gasteiger partial charge on any atom is -0.497 e. The Morgan fingerprint density at radius 1 is 0.971 bits per heavy atom. The Balaban J connectivity index is 1.30. The summed E-state index contributed by atoms with van der Waals surface area (Å²) < 4.78 is 13.6. The van der Waals surface area contributed by atoms with Gasteiger partial charge < -0.3 is 18.9 Å². The number of aryl methyl sites for hydroxylation is 2. The van der Waals surface area contributed by atoms with Gasteiger partial charge in [0.15, 0.2) is 0 Å². The van der Waals surface area contributed by atoms with Crippen molar-refractivity contribution < 1.29 is 14.3 Å². The first-order valence-corrected chi connectivity index (χ1v) is 12.2. The molecule has 1 aliphatic rings. The van der Waals surface area contributed by atoms with Crippen molar-refractivity contribution in [2.75, 3.05) is 25.2 Å². The summed E-state index contributed by atoms with van der Waals surface area (Å²) in [4.78, 5) is 19.8. The molecule has 5 rings (SSSR count). The molecule has 1 saturated heterocycles. The van der Waals surface area contributed by atoms with E-state index in [1.165, 1.54) is 5.56 Å². The monoisotopic (exact) mass is 469 g/mol. The number of amides is 1. The van der Waals surface area contributed by atoms with E-state index in [1.54, 1.807) is 7.11 Å². The first-order valence-electron chi connectivity index (χ1n) is 12.2. The standard InChI is InChI=1S/C29H31N3O3/c1-21-9-7-12-25(17-21)35-16-6-5-15-31-27-14-4-3-13-26(27)30-29(31)22-18-28(33)32(20-22)23-10-8-11-24(19-23)34-2/h3-4,7-14,17,19,22H,5-6,15-16,18,20H2,1-2H3/t22-/m0/s1. The lowest BCUT2D eigenvalue weighted by molar-refractivity contribution is -0.117.